The Labute approximate surface area is 202 Å². The Kier molecular flexibility index (Phi) is 7.91. The van der Waals surface area contributed by atoms with Crippen LogP contribution in [0.5, 0.6) is 5.75 Å². The first-order valence-corrected chi connectivity index (χ1v) is 11.2. The van der Waals surface area contributed by atoms with Crippen molar-refractivity contribution in [1.29, 1.82) is 5.26 Å². The Bertz CT molecular complexity index is 1190. The molecule has 3 aromatic rings. The number of ether oxygens (including phenoxy) is 1. The van der Waals surface area contributed by atoms with Crippen LogP contribution < -0.4 is 10.1 Å². The van der Waals surface area contributed by atoms with Gasteiger partial charge in [0.2, 0.25) is 0 Å². The van der Waals surface area contributed by atoms with Crippen molar-refractivity contribution in [3.63, 3.8) is 0 Å². The van der Waals surface area contributed by atoms with E-state index in [9.17, 15) is 10.1 Å². The maximum atomic E-state index is 12.7. The number of nitrogens with one attached hydrogen (secondary N) is 1. The van der Waals surface area contributed by atoms with Gasteiger partial charge in [-0.25, -0.2) is 0 Å². The smallest absolute Gasteiger partial charge is 0.266 e. The fourth-order valence-electron chi connectivity index (χ4n) is 2.74. The SMILES string of the molecule is Cc1ccc(COc2c(Br)cc(Br)cc2/C=C(\C#N)C(=O)Nc2ccccc2Cl)cc1. The molecule has 0 aromatic heterocycles. The summed E-state index contributed by atoms with van der Waals surface area (Å²) in [5.41, 5.74) is 3.11. The molecule has 3 aromatic carbocycles. The number of carbonyl (C=O) groups is 1. The maximum absolute atomic E-state index is 12.7. The number of benzene rings is 3. The second kappa shape index (κ2) is 10.6. The van der Waals surface area contributed by atoms with Crippen LogP contribution >= 0.6 is 43.5 Å². The third-order valence-electron chi connectivity index (χ3n) is 4.33. The van der Waals surface area contributed by atoms with Gasteiger partial charge in [0.15, 0.2) is 0 Å². The quantitative estimate of drug-likeness (QED) is 0.254. The molecule has 0 bridgehead atoms. The van der Waals surface area contributed by atoms with E-state index in [4.69, 9.17) is 16.3 Å². The van der Waals surface area contributed by atoms with Gasteiger partial charge in [-0.3, -0.25) is 4.79 Å². The molecule has 0 fully saturated rings. The van der Waals surface area contributed by atoms with Crippen molar-refractivity contribution in [3.05, 3.63) is 96.9 Å². The topological polar surface area (TPSA) is 62.1 Å². The van der Waals surface area contributed by atoms with E-state index in [0.717, 1.165) is 10.0 Å². The molecule has 0 aliphatic rings. The molecule has 1 N–H and O–H groups in total. The molecule has 7 heteroatoms. The summed E-state index contributed by atoms with van der Waals surface area (Å²) in [6.45, 7) is 2.37. The van der Waals surface area contributed by atoms with Crippen molar-refractivity contribution in [2.24, 2.45) is 0 Å². The molecular weight excluding hydrogens is 544 g/mol. The molecule has 0 saturated heterocycles. The molecule has 0 aliphatic heterocycles. The van der Waals surface area contributed by atoms with Crippen LogP contribution in [0, 0.1) is 18.3 Å². The molecule has 4 nitrogen and oxygen atoms in total. The summed E-state index contributed by atoms with van der Waals surface area (Å²) in [6.07, 6.45) is 1.49. The van der Waals surface area contributed by atoms with Crippen molar-refractivity contribution in [2.75, 3.05) is 5.32 Å². The average Bonchev–Trinajstić information content (AvgIpc) is 2.74. The lowest BCUT2D eigenvalue weighted by molar-refractivity contribution is -0.112. The van der Waals surface area contributed by atoms with E-state index in [1.54, 1.807) is 30.3 Å². The molecule has 0 unspecified atom stereocenters. The molecule has 0 radical (unpaired) electrons. The van der Waals surface area contributed by atoms with Crippen LogP contribution in [0.2, 0.25) is 5.02 Å². The normalized spacial score (nSPS) is 11.0. The van der Waals surface area contributed by atoms with E-state index in [1.807, 2.05) is 43.3 Å². The number of carbonyl (C=O) groups excluding carboxylic acids is 1. The van der Waals surface area contributed by atoms with Crippen LogP contribution in [0.1, 0.15) is 16.7 Å². The summed E-state index contributed by atoms with van der Waals surface area (Å²) >= 11 is 13.1. The summed E-state index contributed by atoms with van der Waals surface area (Å²) < 4.78 is 7.51. The molecule has 0 aliphatic carbocycles. The zero-order valence-corrected chi connectivity index (χ0v) is 20.4. The van der Waals surface area contributed by atoms with Crippen LogP contribution in [0.3, 0.4) is 0 Å². The molecule has 1 amide bonds. The number of hydrogen-bond donors (Lipinski definition) is 1. The van der Waals surface area contributed by atoms with Crippen molar-refractivity contribution in [3.8, 4) is 11.8 Å². The Morgan fingerprint density at radius 3 is 2.55 bits per heavy atom. The molecular formula is C24H17Br2ClN2O2. The van der Waals surface area contributed by atoms with Crippen LogP contribution in [0.15, 0.2) is 75.2 Å². The highest BCUT2D eigenvalue weighted by Crippen LogP contribution is 2.35. The summed E-state index contributed by atoms with van der Waals surface area (Å²) in [5, 5.41) is 12.6. The van der Waals surface area contributed by atoms with E-state index in [2.05, 4.69) is 37.2 Å². The van der Waals surface area contributed by atoms with Gasteiger partial charge in [0.25, 0.3) is 5.91 Å². The van der Waals surface area contributed by atoms with Gasteiger partial charge in [-0.05, 0) is 58.8 Å². The summed E-state index contributed by atoms with van der Waals surface area (Å²) in [4.78, 5) is 12.7. The fraction of sp³-hybridized carbons (Fsp3) is 0.0833. The lowest BCUT2D eigenvalue weighted by atomic mass is 10.1. The predicted octanol–water partition coefficient (Wildman–Crippen LogP) is 7.30. The van der Waals surface area contributed by atoms with Gasteiger partial charge in [-0.2, -0.15) is 5.26 Å². The van der Waals surface area contributed by atoms with Gasteiger partial charge in [0, 0.05) is 10.0 Å². The van der Waals surface area contributed by atoms with Crippen LogP contribution in [-0.4, -0.2) is 5.91 Å². The van der Waals surface area contributed by atoms with E-state index in [0.29, 0.717) is 33.1 Å². The number of aryl methyl sites for hydroxylation is 1. The number of halogens is 3. The van der Waals surface area contributed by atoms with Gasteiger partial charge in [0.05, 0.1) is 15.2 Å². The predicted molar refractivity (Wildman–Crippen MR) is 131 cm³/mol. The minimum atomic E-state index is -0.559. The fourth-order valence-corrected chi connectivity index (χ4v) is 4.29. The highest BCUT2D eigenvalue weighted by Gasteiger charge is 2.15. The molecule has 0 saturated carbocycles. The average molecular weight is 561 g/mol. The first-order chi connectivity index (χ1) is 14.9. The lowest BCUT2D eigenvalue weighted by Gasteiger charge is -2.13. The summed E-state index contributed by atoms with van der Waals surface area (Å²) in [6, 6.07) is 20.5. The molecule has 3 rings (SSSR count). The number of hydrogen-bond acceptors (Lipinski definition) is 3. The Morgan fingerprint density at radius 2 is 1.87 bits per heavy atom. The number of nitriles is 1. The zero-order chi connectivity index (χ0) is 22.4. The Morgan fingerprint density at radius 1 is 1.16 bits per heavy atom. The van der Waals surface area contributed by atoms with Crippen LogP contribution in [-0.2, 0) is 11.4 Å². The number of anilines is 1. The summed E-state index contributed by atoms with van der Waals surface area (Å²) in [7, 11) is 0. The Balaban J connectivity index is 1.89. The van der Waals surface area contributed by atoms with Crippen LogP contribution in [0.25, 0.3) is 6.08 Å². The zero-order valence-electron chi connectivity index (χ0n) is 16.5. The molecule has 0 spiro atoms. The van der Waals surface area contributed by atoms with Crippen molar-refractivity contribution < 1.29 is 9.53 Å². The number of nitrogens with zero attached hydrogens (tertiary/aromatic N) is 1. The number of para-hydroxylation sites is 1. The van der Waals surface area contributed by atoms with Crippen molar-refractivity contribution in [2.45, 2.75) is 13.5 Å². The van der Waals surface area contributed by atoms with Gasteiger partial charge in [-0.15, -0.1) is 0 Å². The van der Waals surface area contributed by atoms with Gasteiger partial charge in [-0.1, -0.05) is 69.5 Å². The first kappa shape index (κ1) is 23.1. The first-order valence-electron chi connectivity index (χ1n) is 9.22. The molecule has 156 valence electrons. The maximum Gasteiger partial charge on any atom is 0.266 e. The van der Waals surface area contributed by atoms with E-state index in [-0.39, 0.29) is 5.57 Å². The summed E-state index contributed by atoms with van der Waals surface area (Å²) in [5.74, 6) is -0.0294. The van der Waals surface area contributed by atoms with Crippen LogP contribution in [0.4, 0.5) is 5.69 Å². The monoisotopic (exact) mass is 558 g/mol. The van der Waals surface area contributed by atoms with Gasteiger partial charge in [0.1, 0.15) is 24.0 Å². The standard InChI is InChI=1S/C24H17Br2ClN2O2/c1-15-6-8-16(9-7-15)14-31-23-17(11-19(25)12-20(23)26)10-18(13-28)24(30)29-22-5-3-2-4-21(22)27/h2-12H,14H2,1H3,(H,29,30)/b18-10+. The number of rotatable bonds is 6. The third kappa shape index (κ3) is 6.20. The van der Waals surface area contributed by atoms with E-state index >= 15 is 0 Å². The minimum absolute atomic E-state index is 0.0786. The second-order valence-electron chi connectivity index (χ2n) is 6.68. The highest BCUT2D eigenvalue weighted by atomic mass is 79.9. The Hall–Kier alpha value is -2.59. The lowest BCUT2D eigenvalue weighted by Crippen LogP contribution is -2.13. The van der Waals surface area contributed by atoms with Crippen molar-refractivity contribution >= 4 is 61.1 Å². The second-order valence-corrected chi connectivity index (χ2v) is 8.86. The molecule has 31 heavy (non-hydrogen) atoms. The van der Waals surface area contributed by atoms with E-state index in [1.165, 1.54) is 11.6 Å². The highest BCUT2D eigenvalue weighted by molar-refractivity contribution is 9.11. The third-order valence-corrected chi connectivity index (χ3v) is 5.70. The van der Waals surface area contributed by atoms with Crippen molar-refractivity contribution in [1.82, 2.24) is 0 Å². The minimum Gasteiger partial charge on any atom is -0.487 e. The van der Waals surface area contributed by atoms with Gasteiger partial charge < -0.3 is 10.1 Å². The molecule has 0 heterocycles. The van der Waals surface area contributed by atoms with Gasteiger partial charge >= 0.3 is 0 Å². The largest absolute Gasteiger partial charge is 0.487 e. The van der Waals surface area contributed by atoms with E-state index < -0.39 is 5.91 Å². The molecule has 0 atom stereocenters. The number of amides is 1.